The van der Waals surface area contributed by atoms with Gasteiger partial charge in [0.05, 0.1) is 0 Å². The number of benzene rings is 1. The number of amides is 4. The number of urea groups is 1. The highest BCUT2D eigenvalue weighted by Gasteiger charge is 2.51. The molecule has 4 amide bonds. The number of carbonyl (C=O) groups excluding carboxylic acids is 3. The number of hydrogen-bond donors (Lipinski definition) is 2. The zero-order valence-electron chi connectivity index (χ0n) is 15.0. The minimum absolute atomic E-state index is 0.0584. The first kappa shape index (κ1) is 18.2. The molecule has 7 heteroatoms. The molecule has 3 rings (SSSR count). The molecule has 1 heterocycles. The largest absolute Gasteiger partial charge is 0.484 e. The highest BCUT2D eigenvalue weighted by Crippen LogP contribution is 2.34. The number of carbonyl (C=O) groups is 3. The number of rotatable bonds is 7. The fourth-order valence-corrected chi connectivity index (χ4v) is 3.57. The third kappa shape index (κ3) is 3.81. The molecule has 1 aliphatic carbocycles. The van der Waals surface area contributed by atoms with Gasteiger partial charge in [0.25, 0.3) is 11.8 Å². The second-order valence-corrected chi connectivity index (χ2v) is 6.93. The predicted molar refractivity (Wildman–Crippen MR) is 95.7 cm³/mol. The van der Waals surface area contributed by atoms with Crippen molar-refractivity contribution in [1.82, 2.24) is 15.5 Å². The zero-order valence-corrected chi connectivity index (χ0v) is 15.0. The van der Waals surface area contributed by atoms with Gasteiger partial charge in [-0.05, 0) is 37.8 Å². The quantitative estimate of drug-likeness (QED) is 0.573. The number of hydrogen-bond acceptors (Lipinski definition) is 4. The third-order valence-corrected chi connectivity index (χ3v) is 5.04. The number of aryl methyl sites for hydroxylation is 1. The van der Waals surface area contributed by atoms with Gasteiger partial charge in [-0.2, -0.15) is 0 Å². The third-order valence-electron chi connectivity index (χ3n) is 5.04. The SMILES string of the molecule is Cc1ccccc1OCC(=O)NCCCN1C(=O)NC2(CCCC2)C1=O. The standard InChI is InChI=1S/C19H25N3O4/c1-14-7-2-3-8-15(14)26-13-16(23)20-11-6-12-22-17(24)19(21-18(22)25)9-4-5-10-19/h2-3,7-8H,4-6,9-13H2,1H3,(H,20,23)(H,21,25). The summed E-state index contributed by atoms with van der Waals surface area (Å²) in [5.41, 5.74) is 0.307. The Morgan fingerprint density at radius 3 is 2.73 bits per heavy atom. The van der Waals surface area contributed by atoms with Crippen molar-refractivity contribution >= 4 is 17.8 Å². The topological polar surface area (TPSA) is 87.7 Å². The van der Waals surface area contributed by atoms with E-state index in [4.69, 9.17) is 4.74 Å². The smallest absolute Gasteiger partial charge is 0.325 e. The van der Waals surface area contributed by atoms with Crippen LogP contribution in [0.4, 0.5) is 4.79 Å². The van der Waals surface area contributed by atoms with Crippen LogP contribution in [0.15, 0.2) is 24.3 Å². The molecule has 0 atom stereocenters. The number of para-hydroxylation sites is 1. The van der Waals surface area contributed by atoms with Gasteiger partial charge in [-0.3, -0.25) is 14.5 Å². The Bertz CT molecular complexity index is 698. The van der Waals surface area contributed by atoms with Crippen molar-refractivity contribution in [3.8, 4) is 5.75 Å². The summed E-state index contributed by atoms with van der Waals surface area (Å²) in [5.74, 6) is 0.343. The maximum absolute atomic E-state index is 12.5. The van der Waals surface area contributed by atoms with Crippen LogP contribution in [0.1, 0.15) is 37.7 Å². The fourth-order valence-electron chi connectivity index (χ4n) is 3.57. The molecule has 0 radical (unpaired) electrons. The molecule has 26 heavy (non-hydrogen) atoms. The van der Waals surface area contributed by atoms with Crippen LogP contribution in [0.5, 0.6) is 5.75 Å². The second-order valence-electron chi connectivity index (χ2n) is 6.93. The Hall–Kier alpha value is -2.57. The van der Waals surface area contributed by atoms with Gasteiger partial charge in [0.2, 0.25) is 0 Å². The first-order valence-corrected chi connectivity index (χ1v) is 9.11. The van der Waals surface area contributed by atoms with Crippen molar-refractivity contribution < 1.29 is 19.1 Å². The van der Waals surface area contributed by atoms with E-state index in [0.717, 1.165) is 31.2 Å². The molecule has 140 valence electrons. The molecule has 0 unspecified atom stereocenters. The maximum Gasteiger partial charge on any atom is 0.325 e. The summed E-state index contributed by atoms with van der Waals surface area (Å²) in [6.45, 7) is 2.56. The average Bonchev–Trinajstić information content (AvgIpc) is 3.18. The minimum atomic E-state index is -0.665. The zero-order chi connectivity index (χ0) is 18.6. The number of nitrogens with one attached hydrogen (secondary N) is 2. The van der Waals surface area contributed by atoms with Crippen molar-refractivity contribution in [3.63, 3.8) is 0 Å². The normalized spacial score (nSPS) is 18.3. The molecule has 0 bridgehead atoms. The van der Waals surface area contributed by atoms with E-state index in [1.807, 2.05) is 31.2 Å². The lowest BCUT2D eigenvalue weighted by Crippen LogP contribution is -2.44. The van der Waals surface area contributed by atoms with Crippen LogP contribution in [0, 0.1) is 6.92 Å². The summed E-state index contributed by atoms with van der Waals surface area (Å²) in [7, 11) is 0. The van der Waals surface area contributed by atoms with E-state index in [1.165, 1.54) is 4.90 Å². The molecule has 2 N–H and O–H groups in total. The van der Waals surface area contributed by atoms with E-state index in [9.17, 15) is 14.4 Å². The van der Waals surface area contributed by atoms with Crippen LogP contribution >= 0.6 is 0 Å². The van der Waals surface area contributed by atoms with Crippen molar-refractivity contribution in [1.29, 1.82) is 0 Å². The van der Waals surface area contributed by atoms with Gasteiger partial charge in [0.1, 0.15) is 11.3 Å². The van der Waals surface area contributed by atoms with Gasteiger partial charge in [-0.15, -0.1) is 0 Å². The van der Waals surface area contributed by atoms with E-state index in [-0.39, 0.29) is 24.5 Å². The van der Waals surface area contributed by atoms with Crippen molar-refractivity contribution in [2.24, 2.45) is 0 Å². The molecule has 1 saturated carbocycles. The molecule has 1 spiro atoms. The van der Waals surface area contributed by atoms with E-state index in [1.54, 1.807) is 0 Å². The molecule has 1 saturated heterocycles. The first-order chi connectivity index (χ1) is 12.5. The van der Waals surface area contributed by atoms with Crippen molar-refractivity contribution in [2.75, 3.05) is 19.7 Å². The fraction of sp³-hybridized carbons (Fsp3) is 0.526. The molecule has 7 nitrogen and oxygen atoms in total. The maximum atomic E-state index is 12.5. The minimum Gasteiger partial charge on any atom is -0.484 e. The van der Waals surface area contributed by atoms with E-state index in [0.29, 0.717) is 25.3 Å². The lowest BCUT2D eigenvalue weighted by molar-refractivity contribution is -0.131. The molecule has 2 aliphatic rings. The molecule has 1 aromatic carbocycles. The Morgan fingerprint density at radius 2 is 2.00 bits per heavy atom. The molecule has 1 aliphatic heterocycles. The summed E-state index contributed by atoms with van der Waals surface area (Å²) in [4.78, 5) is 37.7. The number of ether oxygens (including phenoxy) is 1. The van der Waals surface area contributed by atoms with Crippen LogP contribution in [0.2, 0.25) is 0 Å². The summed E-state index contributed by atoms with van der Waals surface area (Å²) >= 11 is 0. The van der Waals surface area contributed by atoms with E-state index < -0.39 is 5.54 Å². The van der Waals surface area contributed by atoms with Crippen molar-refractivity contribution in [3.05, 3.63) is 29.8 Å². The van der Waals surface area contributed by atoms with Crippen LogP contribution in [0.3, 0.4) is 0 Å². The second kappa shape index (κ2) is 7.76. The summed E-state index contributed by atoms with van der Waals surface area (Å²) in [6.07, 6.45) is 3.90. The van der Waals surface area contributed by atoms with Crippen LogP contribution < -0.4 is 15.4 Å². The average molecular weight is 359 g/mol. The number of imide groups is 1. The summed E-state index contributed by atoms with van der Waals surface area (Å²) < 4.78 is 5.49. The highest BCUT2D eigenvalue weighted by molar-refractivity contribution is 6.07. The number of nitrogens with zero attached hydrogens (tertiary/aromatic N) is 1. The Balaban J connectivity index is 1.37. The molecule has 0 aromatic heterocycles. The highest BCUT2D eigenvalue weighted by atomic mass is 16.5. The molecule has 2 fully saturated rings. The van der Waals surface area contributed by atoms with Gasteiger partial charge in [0, 0.05) is 13.1 Å². The molecule has 1 aromatic rings. The summed E-state index contributed by atoms with van der Waals surface area (Å²) in [5, 5.41) is 5.61. The Kier molecular flexibility index (Phi) is 5.44. The van der Waals surface area contributed by atoms with Gasteiger partial charge in [0.15, 0.2) is 6.61 Å². The van der Waals surface area contributed by atoms with Gasteiger partial charge < -0.3 is 15.4 Å². The monoisotopic (exact) mass is 359 g/mol. The Labute approximate surface area is 153 Å². The first-order valence-electron chi connectivity index (χ1n) is 9.11. The van der Waals surface area contributed by atoms with Crippen LogP contribution in [0.25, 0.3) is 0 Å². The lowest BCUT2D eigenvalue weighted by atomic mass is 9.98. The molecular formula is C19H25N3O4. The predicted octanol–water partition coefficient (Wildman–Crippen LogP) is 1.74. The molecular weight excluding hydrogens is 334 g/mol. The lowest BCUT2D eigenvalue weighted by Gasteiger charge is -2.20. The van der Waals surface area contributed by atoms with Gasteiger partial charge >= 0.3 is 6.03 Å². The van der Waals surface area contributed by atoms with Crippen molar-refractivity contribution in [2.45, 2.75) is 44.6 Å². The van der Waals surface area contributed by atoms with Crippen LogP contribution in [-0.4, -0.2) is 48.0 Å². The van der Waals surface area contributed by atoms with Crippen LogP contribution in [-0.2, 0) is 9.59 Å². The summed E-state index contributed by atoms with van der Waals surface area (Å²) in [6, 6.07) is 7.19. The van der Waals surface area contributed by atoms with E-state index in [2.05, 4.69) is 10.6 Å². The van der Waals surface area contributed by atoms with Gasteiger partial charge in [-0.25, -0.2) is 4.79 Å². The van der Waals surface area contributed by atoms with Gasteiger partial charge in [-0.1, -0.05) is 31.0 Å². The van der Waals surface area contributed by atoms with E-state index >= 15 is 0 Å². The Morgan fingerprint density at radius 1 is 1.27 bits per heavy atom.